The molecule has 0 aromatic heterocycles. The Morgan fingerprint density at radius 2 is 2.00 bits per heavy atom. The second-order valence-electron chi connectivity index (χ2n) is 5.94. The van der Waals surface area contributed by atoms with E-state index in [-0.39, 0.29) is 29.4 Å². The minimum Gasteiger partial charge on any atom is -0.494 e. The highest BCUT2D eigenvalue weighted by Crippen LogP contribution is 2.26. The maximum absolute atomic E-state index is 5.67. The molecule has 1 aliphatic heterocycles. The van der Waals surface area contributed by atoms with E-state index in [0.29, 0.717) is 6.61 Å². The van der Waals surface area contributed by atoms with E-state index >= 15 is 0 Å². The Kier molecular flexibility index (Phi) is 9.31. The van der Waals surface area contributed by atoms with Gasteiger partial charge in [0.25, 0.3) is 0 Å². The molecule has 130 valence electrons. The molecule has 0 unspecified atom stereocenters. The van der Waals surface area contributed by atoms with Gasteiger partial charge < -0.3 is 20.1 Å². The highest BCUT2D eigenvalue weighted by atomic mass is 127. The van der Waals surface area contributed by atoms with E-state index in [0.717, 1.165) is 51.0 Å². The molecule has 1 heterocycles. The average Bonchev–Trinajstić information content (AvgIpc) is 2.51. The van der Waals surface area contributed by atoms with Gasteiger partial charge in [-0.1, -0.05) is 25.1 Å². The zero-order valence-corrected chi connectivity index (χ0v) is 16.3. The van der Waals surface area contributed by atoms with E-state index in [1.54, 1.807) is 0 Å². The first-order chi connectivity index (χ1) is 10.7. The zero-order valence-electron chi connectivity index (χ0n) is 14.0. The van der Waals surface area contributed by atoms with Crippen LogP contribution in [0.4, 0.5) is 0 Å². The summed E-state index contributed by atoms with van der Waals surface area (Å²) in [7, 11) is 0. The molecule has 2 N–H and O–H groups in total. The molecule has 1 aromatic carbocycles. The summed E-state index contributed by atoms with van der Waals surface area (Å²) in [5.41, 5.74) is 0.207. The van der Waals surface area contributed by atoms with E-state index in [2.05, 4.69) is 29.5 Å². The van der Waals surface area contributed by atoms with Crippen LogP contribution in [0.1, 0.15) is 20.3 Å². The van der Waals surface area contributed by atoms with E-state index in [1.807, 2.05) is 30.3 Å². The molecule has 0 saturated carbocycles. The lowest BCUT2D eigenvalue weighted by molar-refractivity contribution is -0.0945. The van der Waals surface area contributed by atoms with Gasteiger partial charge in [-0.25, -0.2) is 0 Å². The highest BCUT2D eigenvalue weighted by Gasteiger charge is 2.33. The van der Waals surface area contributed by atoms with Gasteiger partial charge in [-0.15, -0.1) is 24.0 Å². The van der Waals surface area contributed by atoms with Crippen LogP contribution in [-0.4, -0.2) is 45.4 Å². The fourth-order valence-corrected chi connectivity index (χ4v) is 2.14. The fraction of sp³-hybridized carbons (Fsp3) is 0.588. The maximum Gasteiger partial charge on any atom is 0.191 e. The minimum atomic E-state index is 0. The third-order valence-electron chi connectivity index (χ3n) is 3.49. The largest absolute Gasteiger partial charge is 0.494 e. The van der Waals surface area contributed by atoms with Gasteiger partial charge in [0.05, 0.1) is 26.4 Å². The smallest absolute Gasteiger partial charge is 0.191 e. The standard InChI is InChI=1S/C17H27N3O2.HI/c1-3-18-16(20-12-17(2)13-21-14-17)19-10-7-11-22-15-8-5-4-6-9-15;/h4-6,8-9H,3,7,10-14H2,1-2H3,(H2,18,19,20);1H. The van der Waals surface area contributed by atoms with Crippen molar-refractivity contribution in [1.82, 2.24) is 10.6 Å². The molecule has 23 heavy (non-hydrogen) atoms. The quantitative estimate of drug-likeness (QED) is 0.287. The van der Waals surface area contributed by atoms with Gasteiger partial charge in [-0.05, 0) is 25.5 Å². The first-order valence-corrected chi connectivity index (χ1v) is 8.00. The molecule has 1 fully saturated rings. The number of nitrogens with zero attached hydrogens (tertiary/aromatic N) is 1. The first-order valence-electron chi connectivity index (χ1n) is 8.00. The summed E-state index contributed by atoms with van der Waals surface area (Å²) in [4.78, 5) is 4.64. The molecule has 1 saturated heterocycles. The lowest BCUT2D eigenvalue weighted by Crippen LogP contribution is -2.44. The normalized spacial score (nSPS) is 16.0. The number of hydrogen-bond acceptors (Lipinski definition) is 3. The number of guanidine groups is 1. The molecular weight excluding hydrogens is 405 g/mol. The summed E-state index contributed by atoms with van der Waals surface area (Å²) in [6.07, 6.45) is 0.930. The Morgan fingerprint density at radius 3 is 2.61 bits per heavy atom. The van der Waals surface area contributed by atoms with E-state index < -0.39 is 0 Å². The first kappa shape index (κ1) is 20.0. The van der Waals surface area contributed by atoms with Crippen LogP contribution in [-0.2, 0) is 4.74 Å². The molecule has 2 rings (SSSR count). The fourth-order valence-electron chi connectivity index (χ4n) is 2.14. The average molecular weight is 433 g/mol. The zero-order chi connectivity index (χ0) is 15.7. The highest BCUT2D eigenvalue weighted by molar-refractivity contribution is 14.0. The number of rotatable bonds is 8. The molecule has 1 aliphatic rings. The third kappa shape index (κ3) is 7.39. The Labute approximate surface area is 156 Å². The van der Waals surface area contributed by atoms with Crippen LogP contribution in [0.15, 0.2) is 35.3 Å². The Hall–Kier alpha value is -1.02. The Morgan fingerprint density at radius 1 is 1.26 bits per heavy atom. The van der Waals surface area contributed by atoms with Crippen LogP contribution >= 0.6 is 24.0 Å². The van der Waals surface area contributed by atoms with Crippen molar-refractivity contribution in [1.29, 1.82) is 0 Å². The second kappa shape index (κ2) is 10.7. The maximum atomic E-state index is 5.67. The van der Waals surface area contributed by atoms with Gasteiger partial charge in [0.1, 0.15) is 5.75 Å². The molecule has 0 atom stereocenters. The van der Waals surface area contributed by atoms with Crippen LogP contribution in [0, 0.1) is 5.41 Å². The lowest BCUT2D eigenvalue weighted by Gasteiger charge is -2.36. The summed E-state index contributed by atoms with van der Waals surface area (Å²) in [5, 5.41) is 6.62. The third-order valence-corrected chi connectivity index (χ3v) is 3.49. The molecule has 0 aliphatic carbocycles. The lowest BCUT2D eigenvalue weighted by atomic mass is 9.89. The molecule has 5 nitrogen and oxygen atoms in total. The van der Waals surface area contributed by atoms with Crippen LogP contribution < -0.4 is 15.4 Å². The van der Waals surface area contributed by atoms with E-state index in [4.69, 9.17) is 9.47 Å². The molecule has 0 radical (unpaired) electrons. The van der Waals surface area contributed by atoms with Crippen molar-refractivity contribution in [3.63, 3.8) is 0 Å². The van der Waals surface area contributed by atoms with Crippen LogP contribution in [0.2, 0.25) is 0 Å². The summed E-state index contributed by atoms with van der Waals surface area (Å²) in [6, 6.07) is 9.89. The number of nitrogens with one attached hydrogen (secondary N) is 2. The molecule has 0 amide bonds. The van der Waals surface area contributed by atoms with Crippen molar-refractivity contribution in [3.05, 3.63) is 30.3 Å². The monoisotopic (exact) mass is 433 g/mol. The SMILES string of the molecule is CCNC(=NCC1(C)COC1)NCCCOc1ccccc1.I. The minimum absolute atomic E-state index is 0. The van der Waals surface area contributed by atoms with Crippen molar-refractivity contribution in [2.24, 2.45) is 10.4 Å². The van der Waals surface area contributed by atoms with Gasteiger partial charge in [-0.3, -0.25) is 4.99 Å². The van der Waals surface area contributed by atoms with Crippen LogP contribution in [0.25, 0.3) is 0 Å². The number of benzene rings is 1. The topological polar surface area (TPSA) is 54.9 Å². The number of aliphatic imine (C=N–C) groups is 1. The van der Waals surface area contributed by atoms with E-state index in [1.165, 1.54) is 0 Å². The molecule has 6 heteroatoms. The number of ether oxygens (including phenoxy) is 2. The van der Waals surface area contributed by atoms with Gasteiger partial charge in [0.15, 0.2) is 5.96 Å². The van der Waals surface area contributed by atoms with Gasteiger partial charge >= 0.3 is 0 Å². The number of para-hydroxylation sites is 1. The van der Waals surface area contributed by atoms with Crippen molar-refractivity contribution < 1.29 is 9.47 Å². The van der Waals surface area contributed by atoms with Crippen molar-refractivity contribution in [2.75, 3.05) is 39.5 Å². The summed E-state index contributed by atoms with van der Waals surface area (Å²) in [6.45, 7) is 9.08. The predicted molar refractivity (Wildman–Crippen MR) is 105 cm³/mol. The molecule has 1 aromatic rings. The Bertz CT molecular complexity index is 464. The van der Waals surface area contributed by atoms with Crippen LogP contribution in [0.3, 0.4) is 0 Å². The van der Waals surface area contributed by atoms with Crippen molar-refractivity contribution >= 4 is 29.9 Å². The number of hydrogen-bond donors (Lipinski definition) is 2. The predicted octanol–water partition coefficient (Wildman–Crippen LogP) is 2.67. The summed E-state index contributed by atoms with van der Waals surface area (Å²) in [5.74, 6) is 1.79. The van der Waals surface area contributed by atoms with Gasteiger partial charge in [-0.2, -0.15) is 0 Å². The number of halogens is 1. The molecule has 0 spiro atoms. The van der Waals surface area contributed by atoms with Gasteiger partial charge in [0, 0.05) is 18.5 Å². The van der Waals surface area contributed by atoms with Crippen molar-refractivity contribution in [3.8, 4) is 5.75 Å². The van der Waals surface area contributed by atoms with Gasteiger partial charge in [0.2, 0.25) is 0 Å². The van der Waals surface area contributed by atoms with E-state index in [9.17, 15) is 0 Å². The summed E-state index contributed by atoms with van der Waals surface area (Å²) < 4.78 is 10.9. The van der Waals surface area contributed by atoms with Crippen LogP contribution in [0.5, 0.6) is 5.75 Å². The molecular formula is C17H28IN3O2. The molecule has 0 bridgehead atoms. The second-order valence-corrected chi connectivity index (χ2v) is 5.94. The summed E-state index contributed by atoms with van der Waals surface area (Å²) >= 11 is 0. The Balaban J connectivity index is 0.00000264. The van der Waals surface area contributed by atoms with Crippen molar-refractivity contribution in [2.45, 2.75) is 20.3 Å².